The molecule has 0 radical (unpaired) electrons. The van der Waals surface area contributed by atoms with Gasteiger partial charge in [0.05, 0.1) is 12.6 Å². The minimum atomic E-state index is -0.888. The zero-order valence-corrected chi connectivity index (χ0v) is 11.9. The number of amides is 1. The summed E-state index contributed by atoms with van der Waals surface area (Å²) >= 11 is 5.94. The number of hydrogen-bond donors (Lipinski definition) is 1. The summed E-state index contributed by atoms with van der Waals surface area (Å²) in [6.07, 6.45) is 0. The van der Waals surface area contributed by atoms with Crippen molar-refractivity contribution in [3.05, 3.63) is 28.8 Å². The molecule has 1 aromatic carbocycles. The number of ether oxygens (including phenoxy) is 1. The van der Waals surface area contributed by atoms with Crippen molar-refractivity contribution in [2.75, 3.05) is 14.2 Å². The molecule has 0 fully saturated rings. The van der Waals surface area contributed by atoms with Crippen LogP contribution >= 0.6 is 11.6 Å². The van der Waals surface area contributed by atoms with Crippen LogP contribution in [0.2, 0.25) is 5.02 Å². The van der Waals surface area contributed by atoms with Gasteiger partial charge in [-0.2, -0.15) is 0 Å². The van der Waals surface area contributed by atoms with Crippen LogP contribution in [0.1, 0.15) is 19.4 Å². The largest absolute Gasteiger partial charge is 0.496 e. The van der Waals surface area contributed by atoms with Crippen molar-refractivity contribution in [1.82, 2.24) is 4.90 Å². The van der Waals surface area contributed by atoms with Gasteiger partial charge in [0.25, 0.3) is 0 Å². The fourth-order valence-corrected chi connectivity index (χ4v) is 1.88. The monoisotopic (exact) mass is 270 g/mol. The highest BCUT2D eigenvalue weighted by atomic mass is 35.5. The Bertz CT molecular complexity index is 441. The lowest BCUT2D eigenvalue weighted by Gasteiger charge is -2.26. The van der Waals surface area contributed by atoms with Gasteiger partial charge in [-0.1, -0.05) is 11.6 Å². The molecule has 0 heterocycles. The molecule has 0 aliphatic heterocycles. The average molecular weight is 271 g/mol. The van der Waals surface area contributed by atoms with E-state index in [1.165, 1.54) is 0 Å². The summed E-state index contributed by atoms with van der Waals surface area (Å²) in [6, 6.07) is 5.32. The maximum atomic E-state index is 12.0. The lowest BCUT2D eigenvalue weighted by Crippen LogP contribution is -2.49. The number of hydrogen-bond acceptors (Lipinski definition) is 3. The van der Waals surface area contributed by atoms with Gasteiger partial charge < -0.3 is 15.4 Å². The third-order valence-corrected chi connectivity index (χ3v) is 2.78. The van der Waals surface area contributed by atoms with Gasteiger partial charge in [-0.25, -0.2) is 0 Å². The molecule has 100 valence electrons. The molecular formula is C13H19ClN2O2. The predicted octanol–water partition coefficient (Wildman–Crippen LogP) is 2.04. The molecule has 2 N–H and O–H groups in total. The fraction of sp³-hybridized carbons (Fsp3) is 0.462. The van der Waals surface area contributed by atoms with E-state index in [0.717, 1.165) is 5.56 Å². The first-order valence-electron chi connectivity index (χ1n) is 5.62. The van der Waals surface area contributed by atoms with Crippen LogP contribution in [0.5, 0.6) is 5.75 Å². The van der Waals surface area contributed by atoms with Crippen LogP contribution in [-0.2, 0) is 11.3 Å². The van der Waals surface area contributed by atoms with Crippen LogP contribution in [0.3, 0.4) is 0 Å². The number of rotatable bonds is 4. The first kappa shape index (κ1) is 14.8. The number of benzene rings is 1. The first-order valence-corrected chi connectivity index (χ1v) is 6.00. The molecule has 0 aliphatic rings. The summed E-state index contributed by atoms with van der Waals surface area (Å²) in [5.74, 6) is 0.568. The van der Waals surface area contributed by atoms with E-state index in [9.17, 15) is 4.79 Å². The van der Waals surface area contributed by atoms with Gasteiger partial charge in [0.15, 0.2) is 0 Å². The molecule has 0 bridgehead atoms. The van der Waals surface area contributed by atoms with Crippen LogP contribution in [0, 0.1) is 0 Å². The summed E-state index contributed by atoms with van der Waals surface area (Å²) in [5, 5.41) is 0.610. The van der Waals surface area contributed by atoms with E-state index in [4.69, 9.17) is 22.1 Å². The van der Waals surface area contributed by atoms with Crippen molar-refractivity contribution in [2.24, 2.45) is 5.73 Å². The maximum absolute atomic E-state index is 12.0. The highest BCUT2D eigenvalue weighted by Gasteiger charge is 2.26. The quantitative estimate of drug-likeness (QED) is 0.911. The molecule has 1 aromatic rings. The number of nitrogens with zero attached hydrogens (tertiary/aromatic N) is 1. The van der Waals surface area contributed by atoms with Crippen LogP contribution in [0.25, 0.3) is 0 Å². The Labute approximate surface area is 113 Å². The maximum Gasteiger partial charge on any atom is 0.242 e. The number of halogens is 1. The van der Waals surface area contributed by atoms with Crippen LogP contribution in [0.4, 0.5) is 0 Å². The second-order valence-corrected chi connectivity index (χ2v) is 5.28. The van der Waals surface area contributed by atoms with Crippen molar-refractivity contribution in [1.29, 1.82) is 0 Å². The van der Waals surface area contributed by atoms with E-state index in [-0.39, 0.29) is 5.91 Å². The molecule has 0 atom stereocenters. The number of likely N-dealkylation sites (N-methyl/N-ethyl adjacent to an activating group) is 1. The molecule has 18 heavy (non-hydrogen) atoms. The number of nitrogens with two attached hydrogens (primary N) is 1. The van der Waals surface area contributed by atoms with Gasteiger partial charge >= 0.3 is 0 Å². The van der Waals surface area contributed by atoms with Crippen molar-refractivity contribution in [2.45, 2.75) is 25.9 Å². The second kappa shape index (κ2) is 5.59. The molecule has 0 spiro atoms. The van der Waals surface area contributed by atoms with E-state index >= 15 is 0 Å². The van der Waals surface area contributed by atoms with Crippen molar-refractivity contribution in [3.8, 4) is 5.75 Å². The van der Waals surface area contributed by atoms with Gasteiger partial charge in [0.2, 0.25) is 5.91 Å². The van der Waals surface area contributed by atoms with Crippen LogP contribution < -0.4 is 10.5 Å². The van der Waals surface area contributed by atoms with E-state index < -0.39 is 5.54 Å². The Hall–Kier alpha value is -1.26. The summed E-state index contributed by atoms with van der Waals surface area (Å²) < 4.78 is 5.24. The number of methoxy groups -OCH3 is 1. The minimum absolute atomic E-state index is 0.135. The van der Waals surface area contributed by atoms with E-state index in [2.05, 4.69) is 0 Å². The molecule has 0 saturated heterocycles. The van der Waals surface area contributed by atoms with Crippen LogP contribution in [0.15, 0.2) is 18.2 Å². The van der Waals surface area contributed by atoms with Gasteiger partial charge in [-0.05, 0) is 32.0 Å². The predicted molar refractivity (Wildman–Crippen MR) is 72.7 cm³/mol. The summed E-state index contributed by atoms with van der Waals surface area (Å²) in [5.41, 5.74) is 5.75. The zero-order valence-electron chi connectivity index (χ0n) is 11.2. The van der Waals surface area contributed by atoms with Crippen molar-refractivity contribution >= 4 is 17.5 Å². The molecule has 0 saturated carbocycles. The Morgan fingerprint density at radius 2 is 2.11 bits per heavy atom. The molecule has 0 unspecified atom stereocenters. The molecule has 1 rings (SSSR count). The molecule has 0 aliphatic carbocycles. The Morgan fingerprint density at radius 3 is 2.61 bits per heavy atom. The van der Waals surface area contributed by atoms with E-state index in [1.807, 2.05) is 0 Å². The Balaban J connectivity index is 2.91. The molecule has 4 nitrogen and oxygen atoms in total. The van der Waals surface area contributed by atoms with Gasteiger partial charge in [0, 0.05) is 24.2 Å². The lowest BCUT2D eigenvalue weighted by atomic mass is 10.1. The topological polar surface area (TPSA) is 55.6 Å². The molecular weight excluding hydrogens is 252 g/mol. The third-order valence-electron chi connectivity index (χ3n) is 2.55. The van der Waals surface area contributed by atoms with E-state index in [1.54, 1.807) is 51.1 Å². The molecule has 0 aromatic heterocycles. The number of carbonyl (C=O) groups excluding carboxylic acids is 1. The fourth-order valence-electron chi connectivity index (χ4n) is 1.69. The average Bonchev–Trinajstić information content (AvgIpc) is 2.27. The van der Waals surface area contributed by atoms with Gasteiger partial charge in [-0.15, -0.1) is 0 Å². The Morgan fingerprint density at radius 1 is 1.50 bits per heavy atom. The standard InChI is InChI=1S/C13H19ClN2O2/c1-13(2,15)12(17)16(3)8-9-7-10(14)5-6-11(9)18-4/h5-7H,8,15H2,1-4H3. The normalized spacial score (nSPS) is 11.2. The SMILES string of the molecule is COc1ccc(Cl)cc1CN(C)C(=O)C(C)(C)N. The van der Waals surface area contributed by atoms with Gasteiger partial charge in [-0.3, -0.25) is 4.79 Å². The summed E-state index contributed by atoms with van der Waals surface area (Å²) in [4.78, 5) is 13.5. The smallest absolute Gasteiger partial charge is 0.242 e. The van der Waals surface area contributed by atoms with Crippen LogP contribution in [-0.4, -0.2) is 30.5 Å². The molecule has 5 heteroatoms. The van der Waals surface area contributed by atoms with Gasteiger partial charge in [0.1, 0.15) is 5.75 Å². The first-order chi connectivity index (χ1) is 8.25. The minimum Gasteiger partial charge on any atom is -0.496 e. The van der Waals surface area contributed by atoms with E-state index in [0.29, 0.717) is 17.3 Å². The highest BCUT2D eigenvalue weighted by Crippen LogP contribution is 2.24. The molecule has 1 amide bonds. The summed E-state index contributed by atoms with van der Waals surface area (Å²) in [7, 11) is 3.29. The third kappa shape index (κ3) is 3.62. The Kier molecular flexibility index (Phi) is 4.59. The zero-order chi connectivity index (χ0) is 13.9. The van der Waals surface area contributed by atoms with Crippen molar-refractivity contribution < 1.29 is 9.53 Å². The second-order valence-electron chi connectivity index (χ2n) is 4.84. The lowest BCUT2D eigenvalue weighted by molar-refractivity contribution is -0.135. The highest BCUT2D eigenvalue weighted by molar-refractivity contribution is 6.30. The number of carbonyl (C=O) groups is 1. The van der Waals surface area contributed by atoms with Crippen molar-refractivity contribution in [3.63, 3.8) is 0 Å². The summed E-state index contributed by atoms with van der Waals surface area (Å²) in [6.45, 7) is 3.77.